The van der Waals surface area contributed by atoms with E-state index in [2.05, 4.69) is 24.1 Å². The van der Waals surface area contributed by atoms with Gasteiger partial charge in [-0.1, -0.05) is 76.5 Å². The molecule has 0 aliphatic heterocycles. The highest BCUT2D eigenvalue weighted by molar-refractivity contribution is 5.75. The number of carboxylic acids is 1. The predicted molar refractivity (Wildman–Crippen MR) is 109 cm³/mol. The first-order valence-electron chi connectivity index (χ1n) is 10.5. The summed E-state index contributed by atoms with van der Waals surface area (Å²) in [5, 5.41) is 9.38. The van der Waals surface area contributed by atoms with Crippen LogP contribution in [0.25, 0.3) is 0 Å². The summed E-state index contributed by atoms with van der Waals surface area (Å²) in [5.41, 5.74) is 0.678. The predicted octanol–water partition coefficient (Wildman–Crippen LogP) is 6.90. The Kier molecular flexibility index (Phi) is 13.4. The maximum atomic E-state index is 11.4. The number of allylic oxidation sites excluding steroid dienone is 2. The highest BCUT2D eigenvalue weighted by Gasteiger charge is 2.20. The van der Waals surface area contributed by atoms with E-state index in [0.717, 1.165) is 19.3 Å². The van der Waals surface area contributed by atoms with Gasteiger partial charge in [-0.3, -0.25) is 9.78 Å². The maximum Gasteiger partial charge on any atom is 0.312 e. The highest BCUT2D eigenvalue weighted by atomic mass is 16.4. The lowest BCUT2D eigenvalue weighted by atomic mass is 9.97. The zero-order chi connectivity index (χ0) is 18.9. The molecule has 1 aromatic heterocycles. The smallest absolute Gasteiger partial charge is 0.312 e. The molecule has 0 amide bonds. The second-order valence-corrected chi connectivity index (χ2v) is 7.16. The summed E-state index contributed by atoms with van der Waals surface area (Å²) < 4.78 is 0. The molecule has 0 saturated heterocycles. The SMILES string of the molecule is CCCCCCCC/C=C\CCCCCCC(C(=O)O)c1ccccn1. The summed E-state index contributed by atoms with van der Waals surface area (Å²) in [6, 6.07) is 5.49. The Bertz CT molecular complexity index is 484. The first kappa shape index (κ1) is 22.4. The van der Waals surface area contributed by atoms with Gasteiger partial charge in [-0.05, 0) is 44.2 Å². The van der Waals surface area contributed by atoms with Gasteiger partial charge in [0.2, 0.25) is 0 Å². The zero-order valence-corrected chi connectivity index (χ0v) is 16.5. The number of hydrogen-bond acceptors (Lipinski definition) is 2. The minimum Gasteiger partial charge on any atom is -0.481 e. The lowest BCUT2D eigenvalue weighted by Crippen LogP contribution is -2.12. The molecular weight excluding hydrogens is 322 g/mol. The van der Waals surface area contributed by atoms with Crippen LogP contribution in [0.1, 0.15) is 102 Å². The van der Waals surface area contributed by atoms with Crippen LogP contribution in [-0.2, 0) is 4.79 Å². The second kappa shape index (κ2) is 15.6. The van der Waals surface area contributed by atoms with Gasteiger partial charge >= 0.3 is 5.97 Å². The fourth-order valence-electron chi connectivity index (χ4n) is 3.22. The van der Waals surface area contributed by atoms with Crippen LogP contribution in [0.3, 0.4) is 0 Å². The molecule has 0 bridgehead atoms. The van der Waals surface area contributed by atoms with E-state index < -0.39 is 11.9 Å². The minimum absolute atomic E-state index is 0.464. The number of carboxylic acid groups (broad SMARTS) is 1. The summed E-state index contributed by atoms with van der Waals surface area (Å²) in [7, 11) is 0. The van der Waals surface area contributed by atoms with E-state index in [1.807, 2.05) is 18.2 Å². The van der Waals surface area contributed by atoms with Gasteiger partial charge in [-0.2, -0.15) is 0 Å². The van der Waals surface area contributed by atoms with E-state index >= 15 is 0 Å². The molecular formula is C23H37NO2. The van der Waals surface area contributed by atoms with Crippen molar-refractivity contribution in [3.05, 3.63) is 42.2 Å². The largest absolute Gasteiger partial charge is 0.481 e. The fraction of sp³-hybridized carbons (Fsp3) is 0.652. The number of carbonyl (C=O) groups is 1. The molecule has 0 saturated carbocycles. The molecule has 1 heterocycles. The van der Waals surface area contributed by atoms with Crippen molar-refractivity contribution in [2.45, 2.75) is 96.3 Å². The zero-order valence-electron chi connectivity index (χ0n) is 16.5. The molecule has 26 heavy (non-hydrogen) atoms. The first-order valence-corrected chi connectivity index (χ1v) is 10.5. The lowest BCUT2D eigenvalue weighted by Gasteiger charge is -2.11. The van der Waals surface area contributed by atoms with Crippen LogP contribution in [0.2, 0.25) is 0 Å². The van der Waals surface area contributed by atoms with Crippen molar-refractivity contribution < 1.29 is 9.90 Å². The van der Waals surface area contributed by atoms with E-state index in [1.54, 1.807) is 6.20 Å². The van der Waals surface area contributed by atoms with Crippen LogP contribution in [0.5, 0.6) is 0 Å². The van der Waals surface area contributed by atoms with Crippen LogP contribution >= 0.6 is 0 Å². The molecule has 1 rings (SSSR count). The monoisotopic (exact) mass is 359 g/mol. The number of aliphatic carboxylic acids is 1. The molecule has 1 N–H and O–H groups in total. The molecule has 3 nitrogen and oxygen atoms in total. The second-order valence-electron chi connectivity index (χ2n) is 7.16. The number of rotatable bonds is 16. The summed E-state index contributed by atoms with van der Waals surface area (Å²) in [4.78, 5) is 15.6. The van der Waals surface area contributed by atoms with Crippen LogP contribution in [0.15, 0.2) is 36.5 Å². The van der Waals surface area contributed by atoms with Gasteiger partial charge < -0.3 is 5.11 Å². The quantitative estimate of drug-likeness (QED) is 0.258. The van der Waals surface area contributed by atoms with E-state index in [1.165, 1.54) is 57.8 Å². The average Bonchev–Trinajstić information content (AvgIpc) is 2.65. The normalized spacial score (nSPS) is 12.5. The molecule has 1 aromatic rings. The molecule has 0 radical (unpaired) electrons. The van der Waals surface area contributed by atoms with E-state index in [-0.39, 0.29) is 0 Å². The number of aromatic nitrogens is 1. The van der Waals surface area contributed by atoms with E-state index in [0.29, 0.717) is 12.1 Å². The van der Waals surface area contributed by atoms with Gasteiger partial charge in [0, 0.05) is 6.20 Å². The van der Waals surface area contributed by atoms with Crippen LogP contribution in [-0.4, -0.2) is 16.1 Å². The Balaban J connectivity index is 2.00. The Morgan fingerprint density at radius 1 is 0.962 bits per heavy atom. The van der Waals surface area contributed by atoms with E-state index in [9.17, 15) is 9.90 Å². The summed E-state index contributed by atoms with van der Waals surface area (Å²) in [5.74, 6) is -1.23. The van der Waals surface area contributed by atoms with Gasteiger partial charge in [0.25, 0.3) is 0 Å². The standard InChI is InChI=1S/C23H37NO2/c1-2-3-4-5-6-7-8-9-10-11-12-13-14-15-18-21(23(25)26)22-19-16-17-20-24-22/h9-10,16-17,19-21H,2-8,11-15,18H2,1H3,(H,25,26)/b10-9-. The van der Waals surface area contributed by atoms with Crippen LogP contribution < -0.4 is 0 Å². The minimum atomic E-state index is -0.763. The van der Waals surface area contributed by atoms with Crippen molar-refractivity contribution in [1.29, 1.82) is 0 Å². The van der Waals surface area contributed by atoms with Crippen molar-refractivity contribution in [3.63, 3.8) is 0 Å². The Hall–Kier alpha value is -1.64. The van der Waals surface area contributed by atoms with Gasteiger partial charge in [0.05, 0.1) is 11.6 Å². The Morgan fingerprint density at radius 3 is 2.15 bits per heavy atom. The number of pyridine rings is 1. The summed E-state index contributed by atoms with van der Waals surface area (Å²) in [6.07, 6.45) is 22.0. The first-order chi connectivity index (χ1) is 12.8. The average molecular weight is 360 g/mol. The number of hydrogen-bond donors (Lipinski definition) is 1. The topological polar surface area (TPSA) is 50.2 Å². The van der Waals surface area contributed by atoms with Gasteiger partial charge in [0.15, 0.2) is 0 Å². The van der Waals surface area contributed by atoms with Crippen molar-refractivity contribution in [1.82, 2.24) is 4.98 Å². The molecule has 1 unspecified atom stereocenters. The van der Waals surface area contributed by atoms with Gasteiger partial charge in [-0.25, -0.2) is 0 Å². The molecule has 0 spiro atoms. The van der Waals surface area contributed by atoms with Gasteiger partial charge in [-0.15, -0.1) is 0 Å². The Labute approximate surface area is 159 Å². The maximum absolute atomic E-state index is 11.4. The molecule has 0 aliphatic rings. The highest BCUT2D eigenvalue weighted by Crippen LogP contribution is 2.21. The van der Waals surface area contributed by atoms with Gasteiger partial charge in [0.1, 0.15) is 0 Å². The fourth-order valence-corrected chi connectivity index (χ4v) is 3.22. The molecule has 1 atom stereocenters. The molecule has 0 aromatic carbocycles. The summed E-state index contributed by atoms with van der Waals surface area (Å²) in [6.45, 7) is 2.26. The molecule has 0 fully saturated rings. The van der Waals surface area contributed by atoms with E-state index in [4.69, 9.17) is 0 Å². The Morgan fingerprint density at radius 2 is 1.58 bits per heavy atom. The van der Waals surface area contributed by atoms with Crippen LogP contribution in [0, 0.1) is 0 Å². The van der Waals surface area contributed by atoms with Crippen LogP contribution in [0.4, 0.5) is 0 Å². The third-order valence-corrected chi connectivity index (χ3v) is 4.85. The van der Waals surface area contributed by atoms with Crippen molar-refractivity contribution in [2.24, 2.45) is 0 Å². The number of unbranched alkanes of at least 4 members (excludes halogenated alkanes) is 10. The third kappa shape index (κ3) is 11.1. The summed E-state index contributed by atoms with van der Waals surface area (Å²) >= 11 is 0. The number of nitrogens with zero attached hydrogens (tertiary/aromatic N) is 1. The lowest BCUT2D eigenvalue weighted by molar-refractivity contribution is -0.139. The molecule has 0 aliphatic carbocycles. The third-order valence-electron chi connectivity index (χ3n) is 4.85. The van der Waals surface area contributed by atoms with Crippen molar-refractivity contribution in [2.75, 3.05) is 0 Å². The van der Waals surface area contributed by atoms with Crippen molar-refractivity contribution >= 4 is 5.97 Å². The van der Waals surface area contributed by atoms with Crippen molar-refractivity contribution in [3.8, 4) is 0 Å². The molecule has 3 heteroatoms. The molecule has 146 valence electrons.